The van der Waals surface area contributed by atoms with Crippen molar-refractivity contribution in [1.82, 2.24) is 16.9 Å². The van der Waals surface area contributed by atoms with Crippen LogP contribution in [0.4, 0.5) is 0 Å². The van der Waals surface area contributed by atoms with E-state index in [1.807, 2.05) is 43.5 Å². The fraction of sp³-hybridized carbons (Fsp3) is 0.481. The molecule has 2 aliphatic heterocycles. The Labute approximate surface area is 228 Å². The third kappa shape index (κ3) is 7.02. The van der Waals surface area contributed by atoms with Crippen molar-refractivity contribution in [2.24, 2.45) is 0 Å². The average Bonchev–Trinajstić information content (AvgIpc) is 3.45. The van der Waals surface area contributed by atoms with Crippen LogP contribution in [0, 0.1) is 0 Å². The van der Waals surface area contributed by atoms with Crippen LogP contribution in [0.1, 0.15) is 6.42 Å². The van der Waals surface area contributed by atoms with Gasteiger partial charge < -0.3 is 0 Å². The standard InChI is InChI=1S/C14H18N2O2Se.C13H16N2O2Se/c17-14-12-4-1-2-5-13(12)19-16(14)7-3-6-15-8-10-18-11-9-15;16-13-11-3-1-2-4-12(11)18-15(13)6-5-14-7-9-17-10-8-14/h1-2,4-5H,3,6-11H2;1-4H,5-10H2. The second kappa shape index (κ2) is 13.4. The quantitative estimate of drug-likeness (QED) is 0.284. The van der Waals surface area contributed by atoms with Crippen LogP contribution in [-0.2, 0) is 22.6 Å². The van der Waals surface area contributed by atoms with Gasteiger partial charge in [-0.15, -0.1) is 0 Å². The zero-order valence-electron chi connectivity index (χ0n) is 21.0. The summed E-state index contributed by atoms with van der Waals surface area (Å²) in [5.41, 5.74) is 0.427. The van der Waals surface area contributed by atoms with Gasteiger partial charge in [-0.1, -0.05) is 0 Å². The molecule has 4 heterocycles. The van der Waals surface area contributed by atoms with Crippen LogP contribution in [-0.4, -0.2) is 112 Å². The van der Waals surface area contributed by atoms with Gasteiger partial charge in [-0.25, -0.2) is 0 Å². The summed E-state index contributed by atoms with van der Waals surface area (Å²) in [7, 11) is 0. The summed E-state index contributed by atoms with van der Waals surface area (Å²) in [5, 5.41) is 1.81. The maximum absolute atomic E-state index is 12.2. The summed E-state index contributed by atoms with van der Waals surface area (Å²) in [6, 6.07) is 16.0. The molecule has 2 fully saturated rings. The Morgan fingerprint density at radius 2 is 1.05 bits per heavy atom. The molecule has 0 aliphatic carbocycles. The summed E-state index contributed by atoms with van der Waals surface area (Å²) in [6.07, 6.45) is 1.06. The molecule has 2 saturated heterocycles. The summed E-state index contributed by atoms with van der Waals surface area (Å²) in [6.45, 7) is 11.1. The van der Waals surface area contributed by atoms with Crippen molar-refractivity contribution in [3.63, 3.8) is 0 Å². The number of ether oxygens (including phenoxy) is 2. The van der Waals surface area contributed by atoms with Crippen molar-refractivity contribution >= 4 is 48.8 Å². The first-order chi connectivity index (χ1) is 18.2. The summed E-state index contributed by atoms with van der Waals surface area (Å²) >= 11 is 0.346. The number of aryl methyl sites for hydroxylation is 1. The zero-order valence-corrected chi connectivity index (χ0v) is 24.5. The summed E-state index contributed by atoms with van der Waals surface area (Å²) in [4.78, 5) is 29.1. The molecule has 10 heteroatoms. The topological polar surface area (TPSA) is 68.9 Å². The molecule has 0 bridgehead atoms. The third-order valence-corrected chi connectivity index (χ3v) is 11.5. The number of hydrogen-bond acceptors (Lipinski definition) is 6. The molecule has 4 aromatic rings. The van der Waals surface area contributed by atoms with Crippen LogP contribution >= 0.6 is 0 Å². The molecular formula is C27H34N4O4Se2. The van der Waals surface area contributed by atoms with Crippen LogP contribution in [0.2, 0.25) is 0 Å². The van der Waals surface area contributed by atoms with E-state index >= 15 is 0 Å². The molecule has 0 radical (unpaired) electrons. The second-order valence-electron chi connectivity index (χ2n) is 9.25. The Morgan fingerprint density at radius 1 is 0.595 bits per heavy atom. The third-order valence-electron chi connectivity index (χ3n) is 6.77. The number of aromatic nitrogens is 2. The molecule has 8 nitrogen and oxygen atoms in total. The molecule has 0 atom stereocenters. The molecule has 37 heavy (non-hydrogen) atoms. The van der Waals surface area contributed by atoms with Gasteiger partial charge in [0, 0.05) is 0 Å². The summed E-state index contributed by atoms with van der Waals surface area (Å²) < 4.78 is 17.1. The normalized spacial score (nSPS) is 17.2. The SMILES string of the molecule is O=c1c2ccccc2[se]n1CCCN1CCOCC1.O=c1c2ccccc2[se]n1CCN1CCOCC1. The molecule has 2 aromatic heterocycles. The second-order valence-corrected chi connectivity index (χ2v) is 13.7. The minimum absolute atomic E-state index is 0.167. The van der Waals surface area contributed by atoms with E-state index in [-0.39, 0.29) is 40.6 Å². The number of morpholine rings is 2. The van der Waals surface area contributed by atoms with Crippen molar-refractivity contribution in [3.05, 3.63) is 69.2 Å². The molecule has 6 rings (SSSR count). The van der Waals surface area contributed by atoms with Gasteiger partial charge in [0.05, 0.1) is 0 Å². The van der Waals surface area contributed by atoms with Crippen LogP contribution in [0.5, 0.6) is 0 Å². The Balaban J connectivity index is 0.000000152. The first kappa shape index (κ1) is 26.8. The van der Waals surface area contributed by atoms with E-state index in [2.05, 4.69) is 21.9 Å². The Hall–Kier alpha value is -1.74. The van der Waals surface area contributed by atoms with Gasteiger partial charge in [0.15, 0.2) is 0 Å². The molecule has 0 saturated carbocycles. The van der Waals surface area contributed by atoms with E-state index in [0.29, 0.717) is 0 Å². The van der Waals surface area contributed by atoms with Crippen molar-refractivity contribution in [1.29, 1.82) is 0 Å². The Bertz CT molecular complexity index is 1400. The molecule has 0 unspecified atom stereocenters. The molecule has 2 aliphatic rings. The molecule has 2 aromatic carbocycles. The molecular weight excluding hydrogens is 602 g/mol. The Kier molecular flexibility index (Phi) is 9.69. The first-order valence-corrected chi connectivity index (χ1v) is 16.2. The van der Waals surface area contributed by atoms with E-state index in [0.717, 1.165) is 96.0 Å². The minimum atomic E-state index is 0.167. The van der Waals surface area contributed by atoms with Crippen LogP contribution < -0.4 is 11.1 Å². The van der Waals surface area contributed by atoms with Gasteiger partial charge in [-0.05, 0) is 0 Å². The number of fused-ring (bicyclic) bond motifs is 2. The van der Waals surface area contributed by atoms with Gasteiger partial charge in [0.2, 0.25) is 0 Å². The monoisotopic (exact) mass is 638 g/mol. The number of hydrogen-bond donors (Lipinski definition) is 0. The van der Waals surface area contributed by atoms with Crippen LogP contribution in [0.15, 0.2) is 58.1 Å². The van der Waals surface area contributed by atoms with Gasteiger partial charge in [-0.2, -0.15) is 0 Å². The van der Waals surface area contributed by atoms with Gasteiger partial charge in [-0.3, -0.25) is 0 Å². The summed E-state index contributed by atoms with van der Waals surface area (Å²) in [5.74, 6) is 0. The predicted octanol–water partition coefficient (Wildman–Crippen LogP) is 1.17. The van der Waals surface area contributed by atoms with Crippen molar-refractivity contribution < 1.29 is 9.47 Å². The Morgan fingerprint density at radius 3 is 1.57 bits per heavy atom. The fourth-order valence-electron chi connectivity index (χ4n) is 4.65. The van der Waals surface area contributed by atoms with Crippen LogP contribution in [0.3, 0.4) is 0 Å². The van der Waals surface area contributed by atoms with Crippen LogP contribution in [0.25, 0.3) is 19.3 Å². The molecule has 198 valence electrons. The average molecular weight is 637 g/mol. The number of nitrogens with zero attached hydrogens (tertiary/aromatic N) is 4. The maximum atomic E-state index is 12.2. The molecule has 0 spiro atoms. The van der Waals surface area contributed by atoms with E-state index in [1.54, 1.807) is 0 Å². The van der Waals surface area contributed by atoms with Gasteiger partial charge in [0.25, 0.3) is 0 Å². The zero-order chi connectivity index (χ0) is 25.5. The van der Waals surface area contributed by atoms with E-state index < -0.39 is 0 Å². The van der Waals surface area contributed by atoms with Crippen molar-refractivity contribution in [3.8, 4) is 0 Å². The van der Waals surface area contributed by atoms with E-state index in [1.165, 1.54) is 8.52 Å². The predicted molar refractivity (Wildman–Crippen MR) is 149 cm³/mol. The van der Waals surface area contributed by atoms with E-state index in [9.17, 15) is 9.59 Å². The van der Waals surface area contributed by atoms with Gasteiger partial charge in [0.1, 0.15) is 0 Å². The number of benzene rings is 2. The van der Waals surface area contributed by atoms with Crippen molar-refractivity contribution in [2.45, 2.75) is 19.5 Å². The molecule has 0 N–H and O–H groups in total. The van der Waals surface area contributed by atoms with E-state index in [4.69, 9.17) is 9.47 Å². The molecule has 0 amide bonds. The first-order valence-electron chi connectivity index (χ1n) is 13.0. The number of rotatable bonds is 7. The van der Waals surface area contributed by atoms with Crippen molar-refractivity contribution in [2.75, 3.05) is 65.7 Å². The fourth-order valence-corrected chi connectivity index (χ4v) is 8.88. The van der Waals surface area contributed by atoms with Gasteiger partial charge >= 0.3 is 230 Å².